The van der Waals surface area contributed by atoms with Gasteiger partial charge >= 0.3 is 0 Å². The van der Waals surface area contributed by atoms with Crippen LogP contribution in [0.3, 0.4) is 0 Å². The summed E-state index contributed by atoms with van der Waals surface area (Å²) in [7, 11) is 0. The summed E-state index contributed by atoms with van der Waals surface area (Å²) in [5.41, 5.74) is 3.33. The van der Waals surface area contributed by atoms with E-state index < -0.39 is 5.82 Å². The van der Waals surface area contributed by atoms with Crippen molar-refractivity contribution >= 4 is 46.4 Å². The Labute approximate surface area is 202 Å². The van der Waals surface area contributed by atoms with Crippen LogP contribution in [-0.4, -0.2) is 30.4 Å². The molecule has 1 unspecified atom stereocenters. The Bertz CT molecular complexity index is 1140. The second-order valence-corrected chi connectivity index (χ2v) is 9.20. The molecular weight excluding hydrogens is 470 g/mol. The number of anilines is 1. The van der Waals surface area contributed by atoms with E-state index in [4.69, 9.17) is 34.8 Å². The monoisotopic (exact) mass is 490 g/mol. The first-order chi connectivity index (χ1) is 15.3. The molecule has 32 heavy (non-hydrogen) atoms. The van der Waals surface area contributed by atoms with Gasteiger partial charge in [0.05, 0.1) is 28.2 Å². The predicted molar refractivity (Wildman–Crippen MR) is 129 cm³/mol. The summed E-state index contributed by atoms with van der Waals surface area (Å²) in [6.07, 6.45) is -0.0367. The van der Waals surface area contributed by atoms with Crippen molar-refractivity contribution < 1.29 is 9.18 Å². The van der Waals surface area contributed by atoms with Crippen LogP contribution in [0.1, 0.15) is 22.7 Å². The lowest BCUT2D eigenvalue weighted by molar-refractivity contribution is -0.131. The van der Waals surface area contributed by atoms with Gasteiger partial charge in [-0.05, 0) is 53.9 Å². The van der Waals surface area contributed by atoms with Gasteiger partial charge in [-0.15, -0.1) is 0 Å². The first-order valence-corrected chi connectivity index (χ1v) is 11.5. The molecule has 1 amide bonds. The Balaban J connectivity index is 1.61. The van der Waals surface area contributed by atoms with E-state index in [-0.39, 0.29) is 23.4 Å². The molecule has 3 nitrogen and oxygen atoms in total. The van der Waals surface area contributed by atoms with Gasteiger partial charge in [0.2, 0.25) is 5.91 Å². The van der Waals surface area contributed by atoms with Crippen LogP contribution < -0.4 is 4.90 Å². The molecule has 0 saturated carbocycles. The van der Waals surface area contributed by atoms with Gasteiger partial charge in [0.15, 0.2) is 0 Å². The normalized spacial score (nSPS) is 16.3. The number of halogens is 4. The largest absolute Gasteiger partial charge is 0.360 e. The van der Waals surface area contributed by atoms with Gasteiger partial charge in [0.25, 0.3) is 0 Å². The molecular formula is C25H22Cl3FN2O. The van der Waals surface area contributed by atoms with Crippen LogP contribution >= 0.6 is 34.8 Å². The summed E-state index contributed by atoms with van der Waals surface area (Å²) in [4.78, 5) is 17.1. The van der Waals surface area contributed by atoms with Crippen molar-refractivity contribution in [1.82, 2.24) is 4.90 Å². The minimum absolute atomic E-state index is 0.0215. The van der Waals surface area contributed by atoms with Gasteiger partial charge in [0, 0.05) is 24.7 Å². The fourth-order valence-corrected chi connectivity index (χ4v) is 4.74. The second kappa shape index (κ2) is 9.70. The molecule has 0 bridgehead atoms. The number of rotatable bonds is 4. The fraction of sp³-hybridized carbons (Fsp3) is 0.240. The van der Waals surface area contributed by atoms with E-state index in [2.05, 4.69) is 4.90 Å². The average molecular weight is 492 g/mol. The molecule has 1 aliphatic heterocycles. The summed E-state index contributed by atoms with van der Waals surface area (Å²) in [5.74, 6) is -0.679. The van der Waals surface area contributed by atoms with Gasteiger partial charge in [-0.25, -0.2) is 4.39 Å². The third-order valence-corrected chi connectivity index (χ3v) is 6.62. The first-order valence-electron chi connectivity index (χ1n) is 10.3. The van der Waals surface area contributed by atoms with Crippen LogP contribution in [0.4, 0.5) is 10.1 Å². The SMILES string of the molecule is Cc1ccc(N2CCN(C(=O)Cc3cccc(Cl)c3F)CC2c2ccc(Cl)cc2)c(Cl)c1. The quantitative estimate of drug-likeness (QED) is 0.404. The number of nitrogens with zero attached hydrogens (tertiary/aromatic N) is 2. The van der Waals surface area contributed by atoms with E-state index in [0.717, 1.165) is 16.8 Å². The lowest BCUT2D eigenvalue weighted by Crippen LogP contribution is -2.51. The third-order valence-electron chi connectivity index (χ3n) is 5.77. The molecule has 0 radical (unpaired) electrons. The van der Waals surface area contributed by atoms with Crippen molar-refractivity contribution in [3.63, 3.8) is 0 Å². The Morgan fingerprint density at radius 2 is 1.75 bits per heavy atom. The maximum atomic E-state index is 14.3. The van der Waals surface area contributed by atoms with Crippen LogP contribution in [0.15, 0.2) is 60.7 Å². The number of amides is 1. The zero-order chi connectivity index (χ0) is 22.8. The Kier molecular flexibility index (Phi) is 6.94. The highest BCUT2D eigenvalue weighted by atomic mass is 35.5. The van der Waals surface area contributed by atoms with E-state index in [1.807, 2.05) is 49.4 Å². The molecule has 166 valence electrons. The second-order valence-electron chi connectivity index (χ2n) is 7.95. The molecule has 3 aromatic carbocycles. The van der Waals surface area contributed by atoms with Crippen LogP contribution in [0, 0.1) is 12.7 Å². The van der Waals surface area contributed by atoms with Crippen molar-refractivity contribution in [3.8, 4) is 0 Å². The highest BCUT2D eigenvalue weighted by molar-refractivity contribution is 6.33. The van der Waals surface area contributed by atoms with Crippen LogP contribution in [0.2, 0.25) is 15.1 Å². The van der Waals surface area contributed by atoms with Crippen molar-refractivity contribution in [2.45, 2.75) is 19.4 Å². The van der Waals surface area contributed by atoms with E-state index >= 15 is 0 Å². The highest BCUT2D eigenvalue weighted by Gasteiger charge is 2.32. The van der Waals surface area contributed by atoms with Crippen molar-refractivity contribution in [2.75, 3.05) is 24.5 Å². The molecule has 1 fully saturated rings. The summed E-state index contributed by atoms with van der Waals surface area (Å²) >= 11 is 18.6. The Morgan fingerprint density at radius 1 is 1.00 bits per heavy atom. The molecule has 0 aliphatic carbocycles. The highest BCUT2D eigenvalue weighted by Crippen LogP contribution is 2.36. The summed E-state index contributed by atoms with van der Waals surface area (Å²) in [6, 6.07) is 18.2. The van der Waals surface area contributed by atoms with Crippen LogP contribution in [0.25, 0.3) is 0 Å². The third kappa shape index (κ3) is 4.88. The molecule has 1 heterocycles. The molecule has 1 aliphatic rings. The maximum Gasteiger partial charge on any atom is 0.227 e. The smallest absolute Gasteiger partial charge is 0.227 e. The number of benzene rings is 3. The zero-order valence-corrected chi connectivity index (χ0v) is 19.8. The number of hydrogen-bond acceptors (Lipinski definition) is 2. The first kappa shape index (κ1) is 22.9. The Hall–Kier alpha value is -2.27. The molecule has 0 aromatic heterocycles. The maximum absolute atomic E-state index is 14.3. The van der Waals surface area contributed by atoms with Crippen molar-refractivity contribution in [3.05, 3.63) is 98.2 Å². The molecule has 1 atom stereocenters. The fourth-order valence-electron chi connectivity index (χ4n) is 4.07. The van der Waals surface area contributed by atoms with Crippen molar-refractivity contribution in [1.29, 1.82) is 0 Å². The van der Waals surface area contributed by atoms with Crippen molar-refractivity contribution in [2.24, 2.45) is 0 Å². The minimum Gasteiger partial charge on any atom is -0.360 e. The van der Waals surface area contributed by atoms with E-state index in [1.54, 1.807) is 17.0 Å². The number of carbonyl (C=O) groups is 1. The Morgan fingerprint density at radius 3 is 2.47 bits per heavy atom. The molecule has 0 spiro atoms. The average Bonchev–Trinajstić information content (AvgIpc) is 2.77. The molecule has 1 saturated heterocycles. The number of hydrogen-bond donors (Lipinski definition) is 0. The number of carbonyl (C=O) groups excluding carboxylic acids is 1. The standard InChI is InChI=1S/C25H22Cl3FN2O/c1-16-5-10-22(21(28)13-16)31-12-11-30(15-23(31)17-6-8-19(26)9-7-17)24(32)14-18-3-2-4-20(27)25(18)29/h2-10,13,23H,11-12,14-15H2,1H3. The lowest BCUT2D eigenvalue weighted by atomic mass is 10.00. The lowest BCUT2D eigenvalue weighted by Gasteiger charge is -2.43. The number of aryl methyl sites for hydroxylation is 1. The van der Waals surface area contributed by atoms with Gasteiger partial charge in [0.1, 0.15) is 5.82 Å². The van der Waals surface area contributed by atoms with Gasteiger partial charge in [-0.3, -0.25) is 4.79 Å². The van der Waals surface area contributed by atoms with Gasteiger partial charge in [-0.2, -0.15) is 0 Å². The molecule has 0 N–H and O–H groups in total. The van der Waals surface area contributed by atoms with E-state index in [1.165, 1.54) is 6.07 Å². The zero-order valence-electron chi connectivity index (χ0n) is 17.5. The van der Waals surface area contributed by atoms with Crippen LogP contribution in [0.5, 0.6) is 0 Å². The van der Waals surface area contributed by atoms with E-state index in [0.29, 0.717) is 35.2 Å². The van der Waals surface area contributed by atoms with Gasteiger partial charge in [-0.1, -0.05) is 65.1 Å². The minimum atomic E-state index is -0.540. The van der Waals surface area contributed by atoms with E-state index in [9.17, 15) is 9.18 Å². The molecule has 4 rings (SSSR count). The molecule has 7 heteroatoms. The molecule has 3 aromatic rings. The summed E-state index contributed by atoms with van der Waals surface area (Å²) < 4.78 is 14.3. The number of piperazine rings is 1. The predicted octanol–water partition coefficient (Wildman–Crippen LogP) is 6.73. The topological polar surface area (TPSA) is 23.6 Å². The van der Waals surface area contributed by atoms with Crippen LogP contribution in [-0.2, 0) is 11.2 Å². The van der Waals surface area contributed by atoms with Gasteiger partial charge < -0.3 is 9.80 Å². The summed E-state index contributed by atoms with van der Waals surface area (Å²) in [6.45, 7) is 3.56. The summed E-state index contributed by atoms with van der Waals surface area (Å²) in [5, 5.41) is 1.34.